The van der Waals surface area contributed by atoms with E-state index in [1.54, 1.807) is 0 Å². The summed E-state index contributed by atoms with van der Waals surface area (Å²) in [6.45, 7) is 9.31. The third-order valence-electron chi connectivity index (χ3n) is 6.37. The van der Waals surface area contributed by atoms with Crippen LogP contribution in [-0.2, 0) is 10.8 Å². The van der Waals surface area contributed by atoms with Gasteiger partial charge in [0.05, 0.1) is 0 Å². The number of rotatable bonds is 6. The van der Waals surface area contributed by atoms with E-state index in [1.807, 2.05) is 0 Å². The van der Waals surface area contributed by atoms with Crippen molar-refractivity contribution in [1.82, 2.24) is 0 Å². The number of benzene rings is 3. The summed E-state index contributed by atoms with van der Waals surface area (Å²) < 4.78 is 0. The first-order valence-electron chi connectivity index (χ1n) is 9.76. The Morgan fingerprint density at radius 2 is 0.793 bits per heavy atom. The van der Waals surface area contributed by atoms with Gasteiger partial charge in [-0.15, -0.1) is 0 Å². The van der Waals surface area contributed by atoms with E-state index in [2.05, 4.69) is 113 Å². The van der Waals surface area contributed by atoms with Crippen molar-refractivity contribution in [2.75, 3.05) is 0 Å². The first-order valence-corrected chi connectivity index (χ1v) is 9.76. The predicted octanol–water partition coefficient (Wildman–Crippen LogP) is 9.03. The molecule has 2 unspecified atom stereocenters. The van der Waals surface area contributed by atoms with Gasteiger partial charge in [-0.3, -0.25) is 0 Å². The summed E-state index contributed by atoms with van der Waals surface area (Å²) >= 11 is 0. The van der Waals surface area contributed by atoms with Crippen LogP contribution in [0.2, 0.25) is 0 Å². The summed E-state index contributed by atoms with van der Waals surface area (Å²) in [4.78, 5) is 0. The van der Waals surface area contributed by atoms with Crippen LogP contribution in [0, 0.1) is 0 Å². The van der Waals surface area contributed by atoms with Crippen molar-refractivity contribution in [3.8, 4) is 0 Å². The zero-order valence-electron chi connectivity index (χ0n) is 16.5. The summed E-state index contributed by atoms with van der Waals surface area (Å²) in [7, 11) is 0. The van der Waals surface area contributed by atoms with Gasteiger partial charge in [0.15, 0.2) is 0 Å². The van der Waals surface area contributed by atoms with E-state index in [4.69, 9.17) is 0 Å². The topological polar surface area (TPSA) is 0 Å². The van der Waals surface area contributed by atoms with E-state index in [9.17, 15) is 0 Å². The highest BCUT2D eigenvalue weighted by Crippen LogP contribution is 2.40. The standard InChI is InChI=1S/C26H30.3CH4/c1-5-25(3,21-14-9-7-10-15-21)23-18-13-19-24(20-23)26(4,6-2)22-16-11-8-12-17-22;;;/h7-20H,5-6H2,1-4H3;3*1H4. The first kappa shape index (κ1) is 26.7. The number of hydrogen-bond acceptors (Lipinski definition) is 0. The molecule has 0 saturated carbocycles. The summed E-state index contributed by atoms with van der Waals surface area (Å²) in [5, 5.41) is 0. The van der Waals surface area contributed by atoms with Crippen molar-refractivity contribution >= 4 is 0 Å². The fourth-order valence-corrected chi connectivity index (χ4v) is 3.97. The largest absolute Gasteiger partial charge is 0.0776 e. The summed E-state index contributed by atoms with van der Waals surface area (Å²) in [6.07, 6.45) is 2.16. The van der Waals surface area contributed by atoms with E-state index in [0.717, 1.165) is 12.8 Å². The predicted molar refractivity (Wildman–Crippen MR) is 133 cm³/mol. The molecule has 0 aliphatic carbocycles. The highest BCUT2D eigenvalue weighted by atomic mass is 14.3. The Balaban J connectivity index is 0.00000261. The molecule has 0 nitrogen and oxygen atoms in total. The Morgan fingerprint density at radius 3 is 1.10 bits per heavy atom. The van der Waals surface area contributed by atoms with Crippen LogP contribution in [-0.4, -0.2) is 0 Å². The fourth-order valence-electron chi connectivity index (χ4n) is 3.97. The second-order valence-corrected chi connectivity index (χ2v) is 7.68. The molecule has 0 heteroatoms. The van der Waals surface area contributed by atoms with Crippen LogP contribution in [0.25, 0.3) is 0 Å². The van der Waals surface area contributed by atoms with Crippen molar-refractivity contribution in [3.63, 3.8) is 0 Å². The summed E-state index contributed by atoms with van der Waals surface area (Å²) in [5.74, 6) is 0. The van der Waals surface area contributed by atoms with Gasteiger partial charge in [-0.2, -0.15) is 0 Å². The Morgan fingerprint density at radius 1 is 0.483 bits per heavy atom. The monoisotopic (exact) mass is 390 g/mol. The van der Waals surface area contributed by atoms with Crippen LogP contribution in [0.5, 0.6) is 0 Å². The Labute approximate surface area is 181 Å². The molecular weight excluding hydrogens is 348 g/mol. The molecule has 3 rings (SSSR count). The van der Waals surface area contributed by atoms with Crippen LogP contribution in [0.4, 0.5) is 0 Å². The van der Waals surface area contributed by atoms with E-state index < -0.39 is 0 Å². The molecule has 2 atom stereocenters. The van der Waals surface area contributed by atoms with Gasteiger partial charge in [-0.05, 0) is 35.1 Å². The molecule has 0 aliphatic rings. The maximum atomic E-state index is 2.44. The van der Waals surface area contributed by atoms with Gasteiger partial charge >= 0.3 is 0 Å². The molecule has 0 radical (unpaired) electrons. The summed E-state index contributed by atoms with van der Waals surface area (Å²) in [6, 6.07) is 31.1. The molecule has 0 spiro atoms. The lowest BCUT2D eigenvalue weighted by atomic mass is 9.70. The highest BCUT2D eigenvalue weighted by Gasteiger charge is 2.31. The third-order valence-corrected chi connectivity index (χ3v) is 6.37. The molecule has 0 fully saturated rings. The maximum Gasteiger partial charge on any atom is 0.0172 e. The van der Waals surface area contributed by atoms with Gasteiger partial charge in [-0.1, -0.05) is 135 Å². The lowest BCUT2D eigenvalue weighted by Gasteiger charge is -2.34. The van der Waals surface area contributed by atoms with Gasteiger partial charge in [0.1, 0.15) is 0 Å². The molecule has 0 aliphatic heterocycles. The Hall–Kier alpha value is -2.34. The molecule has 0 amide bonds. The molecule has 29 heavy (non-hydrogen) atoms. The fraction of sp³-hybridized carbons (Fsp3) is 0.379. The van der Waals surface area contributed by atoms with Crippen LogP contribution in [0.15, 0.2) is 84.9 Å². The zero-order chi connectivity index (χ0) is 18.6. The van der Waals surface area contributed by atoms with Crippen molar-refractivity contribution in [3.05, 3.63) is 107 Å². The summed E-state index contributed by atoms with van der Waals surface area (Å²) in [5.41, 5.74) is 5.64. The molecule has 0 bridgehead atoms. The normalized spacial score (nSPS) is 14.2. The molecule has 3 aromatic carbocycles. The van der Waals surface area contributed by atoms with Gasteiger partial charge in [0.25, 0.3) is 0 Å². The van der Waals surface area contributed by atoms with Crippen LogP contribution < -0.4 is 0 Å². The quantitative estimate of drug-likeness (QED) is 0.394. The van der Waals surface area contributed by atoms with Gasteiger partial charge in [0.2, 0.25) is 0 Å². The Bertz CT molecular complexity index is 765. The second-order valence-electron chi connectivity index (χ2n) is 7.68. The van der Waals surface area contributed by atoms with Crippen molar-refractivity contribution < 1.29 is 0 Å². The van der Waals surface area contributed by atoms with E-state index in [0.29, 0.717) is 0 Å². The average molecular weight is 391 g/mol. The molecular formula is C29H42. The lowest BCUT2D eigenvalue weighted by molar-refractivity contribution is 0.531. The highest BCUT2D eigenvalue weighted by molar-refractivity contribution is 5.45. The van der Waals surface area contributed by atoms with E-state index in [-0.39, 0.29) is 33.1 Å². The minimum absolute atomic E-state index is 0. The minimum Gasteiger partial charge on any atom is -0.0776 e. The molecule has 3 aromatic rings. The maximum absolute atomic E-state index is 2.44. The van der Waals surface area contributed by atoms with Crippen molar-refractivity contribution in [2.24, 2.45) is 0 Å². The van der Waals surface area contributed by atoms with E-state index >= 15 is 0 Å². The van der Waals surface area contributed by atoms with Crippen LogP contribution in [0.1, 0.15) is 85.1 Å². The minimum atomic E-state index is 0. The molecule has 0 N–H and O–H groups in total. The van der Waals surface area contributed by atoms with Crippen LogP contribution >= 0.6 is 0 Å². The van der Waals surface area contributed by atoms with Crippen LogP contribution in [0.3, 0.4) is 0 Å². The SMILES string of the molecule is C.C.C.CCC(C)(c1ccccc1)c1cccc(C(C)(CC)c2ccccc2)c1. The molecule has 0 heterocycles. The molecule has 158 valence electrons. The third kappa shape index (κ3) is 4.99. The van der Waals surface area contributed by atoms with Gasteiger partial charge in [-0.25, -0.2) is 0 Å². The molecule has 0 saturated heterocycles. The van der Waals surface area contributed by atoms with Gasteiger partial charge < -0.3 is 0 Å². The van der Waals surface area contributed by atoms with Crippen molar-refractivity contribution in [2.45, 2.75) is 73.6 Å². The van der Waals surface area contributed by atoms with Gasteiger partial charge in [0, 0.05) is 10.8 Å². The first-order chi connectivity index (χ1) is 12.5. The number of hydrogen-bond donors (Lipinski definition) is 0. The smallest absolute Gasteiger partial charge is 0.0172 e. The zero-order valence-corrected chi connectivity index (χ0v) is 16.5. The lowest BCUT2D eigenvalue weighted by Crippen LogP contribution is -2.26. The average Bonchev–Trinajstić information content (AvgIpc) is 2.74. The second kappa shape index (κ2) is 11.0. The van der Waals surface area contributed by atoms with Crippen molar-refractivity contribution in [1.29, 1.82) is 0 Å². The Kier molecular flexibility index (Phi) is 10.1. The molecule has 0 aromatic heterocycles. The van der Waals surface area contributed by atoms with E-state index in [1.165, 1.54) is 22.3 Å².